The normalized spacial score (nSPS) is 22.0. The second-order valence-electron chi connectivity index (χ2n) is 4.46. The molecule has 1 aliphatic heterocycles. The van der Waals surface area contributed by atoms with Crippen molar-refractivity contribution in [3.63, 3.8) is 0 Å². The van der Waals surface area contributed by atoms with E-state index in [2.05, 4.69) is 5.32 Å². The molecule has 0 bridgehead atoms. The number of amides is 1. The lowest BCUT2D eigenvalue weighted by molar-refractivity contribution is -0.138. The fourth-order valence-electron chi connectivity index (χ4n) is 1.85. The number of nitrogens with zero attached hydrogens (tertiary/aromatic N) is 1. The Kier molecular flexibility index (Phi) is 5.09. The van der Waals surface area contributed by atoms with Crippen LogP contribution in [0.25, 0.3) is 0 Å². The van der Waals surface area contributed by atoms with E-state index in [1.165, 1.54) is 0 Å². The van der Waals surface area contributed by atoms with Gasteiger partial charge in [0.05, 0.1) is 11.5 Å². The first-order valence-corrected chi connectivity index (χ1v) is 7.51. The molecule has 1 atom stereocenters. The number of hydrogen-bond acceptors (Lipinski definition) is 5. The molecular weight excluding hydrogens is 260 g/mol. The minimum atomic E-state index is -2.92. The Balaban J connectivity index is 2.27. The van der Waals surface area contributed by atoms with Crippen LogP contribution in [0.2, 0.25) is 0 Å². The van der Waals surface area contributed by atoms with E-state index in [0.717, 1.165) is 0 Å². The molecule has 0 aromatic carbocycles. The van der Waals surface area contributed by atoms with Crippen molar-refractivity contribution < 1.29 is 23.1 Å². The molecule has 1 aliphatic rings. The van der Waals surface area contributed by atoms with Gasteiger partial charge in [-0.2, -0.15) is 0 Å². The first kappa shape index (κ1) is 14.9. The number of carboxylic acids is 1. The smallest absolute Gasteiger partial charge is 0.322 e. The molecule has 1 amide bonds. The molecule has 1 heterocycles. The summed E-state index contributed by atoms with van der Waals surface area (Å²) in [5.41, 5.74) is 0. The van der Waals surface area contributed by atoms with Crippen molar-refractivity contribution in [2.24, 2.45) is 0 Å². The Bertz CT molecular complexity index is 420. The van der Waals surface area contributed by atoms with Crippen molar-refractivity contribution in [3.05, 3.63) is 0 Å². The summed E-state index contributed by atoms with van der Waals surface area (Å²) in [6, 6.07) is -0.0396. The third-order valence-electron chi connectivity index (χ3n) is 2.96. The Morgan fingerprint density at radius 1 is 1.44 bits per heavy atom. The van der Waals surface area contributed by atoms with E-state index >= 15 is 0 Å². The third kappa shape index (κ3) is 5.01. The molecule has 7 nitrogen and oxygen atoms in total. The molecule has 0 aromatic heterocycles. The molecule has 1 unspecified atom stereocenters. The minimum absolute atomic E-state index is 0.0396. The predicted molar refractivity (Wildman–Crippen MR) is 65.0 cm³/mol. The van der Waals surface area contributed by atoms with Gasteiger partial charge in [-0.15, -0.1) is 0 Å². The third-order valence-corrected chi connectivity index (χ3v) is 4.71. The number of aliphatic carboxylic acids is 1. The highest BCUT2D eigenvalue weighted by atomic mass is 32.2. The summed E-state index contributed by atoms with van der Waals surface area (Å²) >= 11 is 0. The Hall–Kier alpha value is -1.15. The number of rotatable bonds is 6. The molecule has 0 radical (unpaired) electrons. The number of carbonyl (C=O) groups excluding carboxylic acids is 1. The predicted octanol–water partition coefficient (Wildman–Crippen LogP) is -1.30. The van der Waals surface area contributed by atoms with Gasteiger partial charge in [-0.25, -0.2) is 8.42 Å². The number of carbonyl (C=O) groups is 2. The first-order chi connectivity index (χ1) is 8.30. The van der Waals surface area contributed by atoms with Crippen LogP contribution in [0.5, 0.6) is 0 Å². The van der Waals surface area contributed by atoms with Crippen LogP contribution in [0.4, 0.5) is 0 Å². The van der Waals surface area contributed by atoms with Gasteiger partial charge in [0.25, 0.3) is 0 Å². The van der Waals surface area contributed by atoms with Gasteiger partial charge in [-0.1, -0.05) is 0 Å². The van der Waals surface area contributed by atoms with Crippen LogP contribution in [0.15, 0.2) is 0 Å². The van der Waals surface area contributed by atoms with Gasteiger partial charge in [0, 0.05) is 19.0 Å². The van der Waals surface area contributed by atoms with E-state index in [9.17, 15) is 18.0 Å². The SMILES string of the molecule is CN(CCC(=O)NCC(=O)O)C1CCS(=O)(=O)C1. The van der Waals surface area contributed by atoms with E-state index in [1.54, 1.807) is 7.05 Å². The Labute approximate surface area is 106 Å². The molecule has 2 N–H and O–H groups in total. The van der Waals surface area contributed by atoms with Crippen LogP contribution in [-0.2, 0) is 19.4 Å². The molecule has 0 saturated carbocycles. The second-order valence-corrected chi connectivity index (χ2v) is 6.69. The molecule has 18 heavy (non-hydrogen) atoms. The summed E-state index contributed by atoms with van der Waals surface area (Å²) in [5, 5.41) is 10.6. The largest absolute Gasteiger partial charge is 0.480 e. The zero-order valence-electron chi connectivity index (χ0n) is 10.3. The lowest BCUT2D eigenvalue weighted by Crippen LogP contribution is -2.37. The average Bonchev–Trinajstić information content (AvgIpc) is 2.63. The van der Waals surface area contributed by atoms with Gasteiger partial charge in [0.15, 0.2) is 9.84 Å². The van der Waals surface area contributed by atoms with Crippen LogP contribution in [0, 0.1) is 0 Å². The van der Waals surface area contributed by atoms with Crippen molar-refractivity contribution in [1.29, 1.82) is 0 Å². The van der Waals surface area contributed by atoms with Crippen LogP contribution >= 0.6 is 0 Å². The molecule has 1 rings (SSSR count). The summed E-state index contributed by atoms with van der Waals surface area (Å²) in [5.74, 6) is -1.09. The zero-order chi connectivity index (χ0) is 13.8. The summed E-state index contributed by atoms with van der Waals surface area (Å²) in [6.07, 6.45) is 0.760. The second kappa shape index (κ2) is 6.14. The quantitative estimate of drug-likeness (QED) is 0.625. The maximum atomic E-state index is 11.3. The van der Waals surface area contributed by atoms with E-state index in [4.69, 9.17) is 5.11 Å². The molecule has 104 valence electrons. The van der Waals surface area contributed by atoms with Crippen LogP contribution in [0.1, 0.15) is 12.8 Å². The lowest BCUT2D eigenvalue weighted by Gasteiger charge is -2.22. The fraction of sp³-hybridized carbons (Fsp3) is 0.800. The van der Waals surface area contributed by atoms with E-state index in [-0.39, 0.29) is 36.4 Å². The molecule has 0 aromatic rings. The van der Waals surface area contributed by atoms with Gasteiger partial charge in [0.2, 0.25) is 5.91 Å². The summed E-state index contributed by atoms with van der Waals surface area (Å²) in [4.78, 5) is 23.3. The van der Waals surface area contributed by atoms with Crippen molar-refractivity contribution in [3.8, 4) is 0 Å². The topological polar surface area (TPSA) is 104 Å². The number of sulfone groups is 1. The van der Waals surface area contributed by atoms with Crippen molar-refractivity contribution >= 4 is 21.7 Å². The van der Waals surface area contributed by atoms with Gasteiger partial charge in [-0.05, 0) is 13.5 Å². The molecule has 0 spiro atoms. The van der Waals surface area contributed by atoms with E-state index < -0.39 is 15.8 Å². The maximum absolute atomic E-state index is 11.3. The van der Waals surface area contributed by atoms with Gasteiger partial charge in [-0.3, -0.25) is 9.59 Å². The van der Waals surface area contributed by atoms with Crippen LogP contribution < -0.4 is 5.32 Å². The highest BCUT2D eigenvalue weighted by Gasteiger charge is 2.30. The summed E-state index contributed by atoms with van der Waals surface area (Å²) in [7, 11) is -1.15. The Morgan fingerprint density at radius 3 is 2.61 bits per heavy atom. The molecule has 8 heteroatoms. The molecule has 0 aliphatic carbocycles. The summed E-state index contributed by atoms with van der Waals surface area (Å²) in [6.45, 7) is 0.0337. The highest BCUT2D eigenvalue weighted by Crippen LogP contribution is 2.16. The van der Waals surface area contributed by atoms with Gasteiger partial charge in [0.1, 0.15) is 6.54 Å². The summed E-state index contributed by atoms with van der Waals surface area (Å²) < 4.78 is 22.6. The molecule has 1 saturated heterocycles. The minimum Gasteiger partial charge on any atom is -0.480 e. The fourth-order valence-corrected chi connectivity index (χ4v) is 3.65. The van der Waals surface area contributed by atoms with Crippen LogP contribution in [0.3, 0.4) is 0 Å². The molecule has 1 fully saturated rings. The standard InChI is InChI=1S/C10H18N2O5S/c1-12(8-3-5-18(16,17)7-8)4-2-9(13)11-6-10(14)15/h8H,2-7H2,1H3,(H,11,13)(H,14,15). The van der Waals surface area contributed by atoms with Crippen molar-refractivity contribution in [2.45, 2.75) is 18.9 Å². The van der Waals surface area contributed by atoms with Gasteiger partial charge >= 0.3 is 5.97 Å². The van der Waals surface area contributed by atoms with E-state index in [0.29, 0.717) is 13.0 Å². The maximum Gasteiger partial charge on any atom is 0.322 e. The van der Waals surface area contributed by atoms with E-state index in [1.807, 2.05) is 4.90 Å². The van der Waals surface area contributed by atoms with Crippen molar-refractivity contribution in [2.75, 3.05) is 31.6 Å². The lowest BCUT2D eigenvalue weighted by atomic mass is 10.2. The number of nitrogens with one attached hydrogen (secondary N) is 1. The molecular formula is C10H18N2O5S. The average molecular weight is 278 g/mol. The zero-order valence-corrected chi connectivity index (χ0v) is 11.1. The monoisotopic (exact) mass is 278 g/mol. The van der Waals surface area contributed by atoms with Gasteiger partial charge < -0.3 is 15.3 Å². The number of hydrogen-bond donors (Lipinski definition) is 2. The van der Waals surface area contributed by atoms with Crippen molar-refractivity contribution in [1.82, 2.24) is 10.2 Å². The number of carboxylic acid groups (broad SMARTS) is 1. The van der Waals surface area contributed by atoms with Crippen LogP contribution in [-0.4, -0.2) is 68.0 Å². The highest BCUT2D eigenvalue weighted by molar-refractivity contribution is 7.91. The Morgan fingerprint density at radius 2 is 2.11 bits per heavy atom. The first-order valence-electron chi connectivity index (χ1n) is 5.69.